The topological polar surface area (TPSA) is 49.6 Å². The number of rotatable bonds is 3. The summed E-state index contributed by atoms with van der Waals surface area (Å²) in [5.74, 6) is 0.716. The molecule has 1 fully saturated rings. The Hall–Kier alpha value is -1.20. The summed E-state index contributed by atoms with van der Waals surface area (Å²) in [6.45, 7) is 5.61. The minimum Gasteiger partial charge on any atom is -0.398 e. The van der Waals surface area contributed by atoms with Crippen molar-refractivity contribution in [3.63, 3.8) is 0 Å². The van der Waals surface area contributed by atoms with Crippen molar-refractivity contribution in [3.8, 4) is 0 Å². The van der Waals surface area contributed by atoms with Crippen LogP contribution in [0.5, 0.6) is 0 Å². The Morgan fingerprint density at radius 1 is 1.32 bits per heavy atom. The fourth-order valence-electron chi connectivity index (χ4n) is 2.07. The minimum absolute atomic E-state index is 0.222. The second kappa shape index (κ2) is 6.30. The molecular formula is C14H21N3OS. The highest BCUT2D eigenvalue weighted by atomic mass is 32.2. The van der Waals surface area contributed by atoms with E-state index in [-0.39, 0.29) is 5.91 Å². The quantitative estimate of drug-likeness (QED) is 0.672. The van der Waals surface area contributed by atoms with Gasteiger partial charge in [0.15, 0.2) is 0 Å². The van der Waals surface area contributed by atoms with Gasteiger partial charge >= 0.3 is 0 Å². The Morgan fingerprint density at radius 3 is 2.68 bits per heavy atom. The van der Waals surface area contributed by atoms with Gasteiger partial charge in [-0.05, 0) is 31.7 Å². The van der Waals surface area contributed by atoms with Gasteiger partial charge < -0.3 is 15.5 Å². The molecule has 1 saturated heterocycles. The van der Waals surface area contributed by atoms with E-state index < -0.39 is 0 Å². The van der Waals surface area contributed by atoms with Crippen molar-refractivity contribution >= 4 is 23.4 Å². The maximum Gasteiger partial charge on any atom is 0.233 e. The minimum atomic E-state index is 0.222. The molecule has 0 aliphatic carbocycles. The molecular weight excluding hydrogens is 258 g/mol. The van der Waals surface area contributed by atoms with Crippen molar-refractivity contribution < 1.29 is 4.79 Å². The number of thioether (sulfide) groups is 1. The molecule has 0 saturated carbocycles. The SMILES string of the molecule is Cc1c(N)cccc1SCC(=O)N1CCN(C)CC1. The van der Waals surface area contributed by atoms with E-state index in [4.69, 9.17) is 5.73 Å². The molecule has 4 nitrogen and oxygen atoms in total. The zero-order valence-electron chi connectivity index (χ0n) is 11.6. The Kier molecular flexibility index (Phi) is 4.71. The molecule has 0 aromatic heterocycles. The van der Waals surface area contributed by atoms with Crippen molar-refractivity contribution in [2.45, 2.75) is 11.8 Å². The molecule has 1 heterocycles. The van der Waals surface area contributed by atoms with Gasteiger partial charge in [-0.15, -0.1) is 11.8 Å². The van der Waals surface area contributed by atoms with Crippen LogP contribution in [0.4, 0.5) is 5.69 Å². The summed E-state index contributed by atoms with van der Waals surface area (Å²) in [6, 6.07) is 5.85. The molecule has 1 amide bonds. The summed E-state index contributed by atoms with van der Waals surface area (Å²) in [4.78, 5) is 17.4. The van der Waals surface area contributed by atoms with E-state index >= 15 is 0 Å². The Labute approximate surface area is 118 Å². The highest BCUT2D eigenvalue weighted by molar-refractivity contribution is 8.00. The second-order valence-electron chi connectivity index (χ2n) is 4.94. The smallest absolute Gasteiger partial charge is 0.233 e. The van der Waals surface area contributed by atoms with E-state index in [1.807, 2.05) is 30.0 Å². The first kappa shape index (κ1) is 14.2. The first-order valence-corrected chi connectivity index (χ1v) is 7.50. The number of nitrogens with two attached hydrogens (primary N) is 1. The number of nitrogen functional groups attached to an aromatic ring is 1. The zero-order valence-corrected chi connectivity index (χ0v) is 12.4. The fraction of sp³-hybridized carbons (Fsp3) is 0.500. The van der Waals surface area contributed by atoms with Crippen LogP contribution in [0.25, 0.3) is 0 Å². The summed E-state index contributed by atoms with van der Waals surface area (Å²) < 4.78 is 0. The van der Waals surface area contributed by atoms with Gasteiger partial charge in [-0.3, -0.25) is 4.79 Å². The molecule has 0 bridgehead atoms. The lowest BCUT2D eigenvalue weighted by Crippen LogP contribution is -2.47. The highest BCUT2D eigenvalue weighted by Crippen LogP contribution is 2.26. The van der Waals surface area contributed by atoms with E-state index in [0.29, 0.717) is 5.75 Å². The predicted octanol–water partition coefficient (Wildman–Crippen LogP) is 1.44. The van der Waals surface area contributed by atoms with Gasteiger partial charge in [0.2, 0.25) is 5.91 Å². The molecule has 0 spiro atoms. The number of anilines is 1. The van der Waals surface area contributed by atoms with Crippen LogP contribution >= 0.6 is 11.8 Å². The van der Waals surface area contributed by atoms with Gasteiger partial charge in [0, 0.05) is 36.8 Å². The molecule has 0 atom stereocenters. The first-order valence-electron chi connectivity index (χ1n) is 6.52. The highest BCUT2D eigenvalue weighted by Gasteiger charge is 2.19. The van der Waals surface area contributed by atoms with Crippen LogP contribution in [0, 0.1) is 6.92 Å². The molecule has 1 aromatic carbocycles. The number of piperazine rings is 1. The van der Waals surface area contributed by atoms with Crippen molar-refractivity contribution in [2.75, 3.05) is 44.7 Å². The molecule has 2 rings (SSSR count). The van der Waals surface area contributed by atoms with Crippen LogP contribution in [0.3, 0.4) is 0 Å². The number of likely N-dealkylation sites (N-methyl/N-ethyl adjacent to an activating group) is 1. The molecule has 2 N–H and O–H groups in total. The molecule has 0 unspecified atom stereocenters. The van der Waals surface area contributed by atoms with Gasteiger partial charge in [-0.25, -0.2) is 0 Å². The van der Waals surface area contributed by atoms with Crippen LogP contribution in [-0.4, -0.2) is 54.7 Å². The van der Waals surface area contributed by atoms with Crippen molar-refractivity contribution in [1.82, 2.24) is 9.80 Å². The average molecular weight is 279 g/mol. The monoisotopic (exact) mass is 279 g/mol. The fourth-order valence-corrected chi connectivity index (χ4v) is 3.05. The third-order valence-electron chi connectivity index (χ3n) is 3.53. The lowest BCUT2D eigenvalue weighted by molar-refractivity contribution is -0.129. The summed E-state index contributed by atoms with van der Waals surface area (Å²) in [6.07, 6.45) is 0. The van der Waals surface area contributed by atoms with E-state index in [9.17, 15) is 4.79 Å². The maximum absolute atomic E-state index is 12.1. The molecule has 0 radical (unpaired) electrons. The number of nitrogens with zero attached hydrogens (tertiary/aromatic N) is 2. The predicted molar refractivity (Wildman–Crippen MR) is 80.4 cm³/mol. The summed E-state index contributed by atoms with van der Waals surface area (Å²) >= 11 is 1.58. The maximum atomic E-state index is 12.1. The number of carbonyl (C=O) groups excluding carboxylic acids is 1. The average Bonchev–Trinajstić information content (AvgIpc) is 2.41. The third kappa shape index (κ3) is 3.64. The van der Waals surface area contributed by atoms with Crippen molar-refractivity contribution in [1.29, 1.82) is 0 Å². The van der Waals surface area contributed by atoms with Crippen LogP contribution in [-0.2, 0) is 4.79 Å². The normalized spacial score (nSPS) is 16.6. The summed E-state index contributed by atoms with van der Waals surface area (Å²) in [5.41, 5.74) is 7.73. The van der Waals surface area contributed by atoms with Crippen molar-refractivity contribution in [3.05, 3.63) is 23.8 Å². The van der Waals surface area contributed by atoms with Gasteiger partial charge in [-0.1, -0.05) is 6.07 Å². The molecule has 1 aliphatic heterocycles. The lowest BCUT2D eigenvalue weighted by atomic mass is 10.2. The number of hydrogen-bond donors (Lipinski definition) is 1. The summed E-state index contributed by atoms with van der Waals surface area (Å²) in [5, 5.41) is 0. The van der Waals surface area contributed by atoms with E-state index in [2.05, 4.69) is 11.9 Å². The van der Waals surface area contributed by atoms with Gasteiger partial charge in [0.05, 0.1) is 5.75 Å². The van der Waals surface area contributed by atoms with Crippen LogP contribution < -0.4 is 5.73 Å². The van der Waals surface area contributed by atoms with Gasteiger partial charge in [0.25, 0.3) is 0 Å². The number of carbonyl (C=O) groups is 1. The van der Waals surface area contributed by atoms with E-state index in [1.54, 1.807) is 11.8 Å². The zero-order chi connectivity index (χ0) is 13.8. The third-order valence-corrected chi connectivity index (χ3v) is 4.68. The number of hydrogen-bond acceptors (Lipinski definition) is 4. The standard InChI is InChI=1S/C14H21N3OS/c1-11-12(15)4-3-5-13(11)19-10-14(18)17-8-6-16(2)7-9-17/h3-5H,6-10,15H2,1-2H3. The van der Waals surface area contributed by atoms with Crippen LogP contribution in [0.15, 0.2) is 23.1 Å². The lowest BCUT2D eigenvalue weighted by Gasteiger charge is -2.32. The largest absolute Gasteiger partial charge is 0.398 e. The first-order chi connectivity index (χ1) is 9.08. The Bertz CT molecular complexity index is 456. The van der Waals surface area contributed by atoms with Gasteiger partial charge in [-0.2, -0.15) is 0 Å². The van der Waals surface area contributed by atoms with E-state index in [1.165, 1.54) is 0 Å². The van der Waals surface area contributed by atoms with Crippen LogP contribution in [0.2, 0.25) is 0 Å². The van der Waals surface area contributed by atoms with Crippen LogP contribution in [0.1, 0.15) is 5.56 Å². The second-order valence-corrected chi connectivity index (χ2v) is 5.96. The van der Waals surface area contributed by atoms with Gasteiger partial charge in [0.1, 0.15) is 0 Å². The Balaban J connectivity index is 1.88. The summed E-state index contributed by atoms with van der Waals surface area (Å²) in [7, 11) is 2.09. The van der Waals surface area contributed by atoms with E-state index in [0.717, 1.165) is 42.3 Å². The Morgan fingerprint density at radius 2 is 2.00 bits per heavy atom. The molecule has 19 heavy (non-hydrogen) atoms. The number of benzene rings is 1. The molecule has 104 valence electrons. The molecule has 5 heteroatoms. The number of amides is 1. The van der Waals surface area contributed by atoms with Crippen molar-refractivity contribution in [2.24, 2.45) is 0 Å². The molecule has 1 aromatic rings. The molecule has 1 aliphatic rings.